The van der Waals surface area contributed by atoms with Gasteiger partial charge in [0.25, 0.3) is 0 Å². The molecule has 0 fully saturated rings. The van der Waals surface area contributed by atoms with E-state index in [1.807, 2.05) is 36.4 Å². The predicted octanol–water partition coefficient (Wildman–Crippen LogP) is 3.16. The molecule has 4 N–H and O–H groups in total. The summed E-state index contributed by atoms with van der Waals surface area (Å²) in [5.74, 6) is 1.60. The van der Waals surface area contributed by atoms with E-state index in [4.69, 9.17) is 15.2 Å². The van der Waals surface area contributed by atoms with E-state index in [0.29, 0.717) is 13.5 Å². The zero-order valence-corrected chi connectivity index (χ0v) is 14.4. The average Bonchev–Trinajstić information content (AvgIpc) is 3.16. The van der Waals surface area contributed by atoms with E-state index >= 15 is 0 Å². The summed E-state index contributed by atoms with van der Waals surface area (Å²) in [6.07, 6.45) is 1.62. The molecule has 0 radical (unpaired) electrons. The number of ether oxygens (including phenoxy) is 2. The first kappa shape index (κ1) is 16.3. The van der Waals surface area contributed by atoms with E-state index in [1.165, 1.54) is 10.8 Å². The van der Waals surface area contributed by atoms with Crippen LogP contribution in [0.25, 0.3) is 16.5 Å². The van der Waals surface area contributed by atoms with Gasteiger partial charge >= 0.3 is 0 Å². The van der Waals surface area contributed by atoms with E-state index in [-0.39, 0.29) is 0 Å². The van der Waals surface area contributed by atoms with Crippen molar-refractivity contribution in [2.75, 3.05) is 13.5 Å². The minimum atomic E-state index is 0.295. The van der Waals surface area contributed by atoms with E-state index in [2.05, 4.69) is 34.9 Å². The third kappa shape index (κ3) is 3.30. The summed E-state index contributed by atoms with van der Waals surface area (Å²) in [7, 11) is 0. The van der Waals surface area contributed by atoms with Gasteiger partial charge in [-0.1, -0.05) is 48.5 Å². The van der Waals surface area contributed by atoms with Crippen LogP contribution in [-0.2, 0) is 6.54 Å². The molecule has 26 heavy (non-hydrogen) atoms. The molecule has 5 heteroatoms. The SMILES string of the molecule is N/C=C(\NCNCc1ccc2c(c1)OCO2)c1cccc2ccccc12. The molecule has 0 saturated carbocycles. The van der Waals surface area contributed by atoms with Crippen molar-refractivity contribution in [3.63, 3.8) is 0 Å². The Morgan fingerprint density at radius 1 is 1.00 bits per heavy atom. The average molecular weight is 347 g/mol. The van der Waals surface area contributed by atoms with Crippen LogP contribution in [0.5, 0.6) is 11.5 Å². The summed E-state index contributed by atoms with van der Waals surface area (Å²) in [5, 5.41) is 9.11. The van der Waals surface area contributed by atoms with Crippen molar-refractivity contribution in [3.8, 4) is 11.5 Å². The van der Waals surface area contributed by atoms with Crippen molar-refractivity contribution in [3.05, 3.63) is 78.0 Å². The molecule has 0 spiro atoms. The van der Waals surface area contributed by atoms with E-state index in [1.54, 1.807) is 6.20 Å². The van der Waals surface area contributed by atoms with E-state index < -0.39 is 0 Å². The molecular formula is C21H21N3O2. The first-order valence-electron chi connectivity index (χ1n) is 8.58. The molecule has 1 aliphatic rings. The van der Waals surface area contributed by atoms with Crippen LogP contribution in [0.2, 0.25) is 0 Å². The third-order valence-corrected chi connectivity index (χ3v) is 4.42. The van der Waals surface area contributed by atoms with Crippen LogP contribution in [0, 0.1) is 0 Å². The molecule has 0 amide bonds. The largest absolute Gasteiger partial charge is 0.454 e. The van der Waals surface area contributed by atoms with Crippen LogP contribution < -0.4 is 25.8 Å². The fourth-order valence-corrected chi connectivity index (χ4v) is 3.12. The van der Waals surface area contributed by atoms with Crippen LogP contribution in [0.15, 0.2) is 66.9 Å². The van der Waals surface area contributed by atoms with Gasteiger partial charge in [0.1, 0.15) is 0 Å². The molecule has 0 aromatic heterocycles. The van der Waals surface area contributed by atoms with Crippen LogP contribution in [-0.4, -0.2) is 13.5 Å². The Bertz CT molecular complexity index is 948. The maximum absolute atomic E-state index is 5.87. The number of nitrogens with two attached hydrogens (primary N) is 1. The van der Waals surface area contributed by atoms with Gasteiger partial charge in [-0.2, -0.15) is 0 Å². The lowest BCUT2D eigenvalue weighted by atomic mass is 10.0. The van der Waals surface area contributed by atoms with E-state index in [9.17, 15) is 0 Å². The molecule has 4 rings (SSSR count). The summed E-state index contributed by atoms with van der Waals surface area (Å²) >= 11 is 0. The molecule has 0 aliphatic carbocycles. The Labute approximate surface area is 152 Å². The second-order valence-corrected chi connectivity index (χ2v) is 6.07. The maximum atomic E-state index is 5.87. The minimum Gasteiger partial charge on any atom is -0.454 e. The lowest BCUT2D eigenvalue weighted by Crippen LogP contribution is -2.28. The highest BCUT2D eigenvalue weighted by Gasteiger charge is 2.12. The monoisotopic (exact) mass is 347 g/mol. The lowest BCUT2D eigenvalue weighted by molar-refractivity contribution is 0.174. The van der Waals surface area contributed by atoms with Gasteiger partial charge in [0.2, 0.25) is 6.79 Å². The molecular weight excluding hydrogens is 326 g/mol. The number of hydrogen-bond acceptors (Lipinski definition) is 5. The Morgan fingerprint density at radius 2 is 1.85 bits per heavy atom. The molecule has 0 bridgehead atoms. The van der Waals surface area contributed by atoms with Crippen LogP contribution >= 0.6 is 0 Å². The summed E-state index contributed by atoms with van der Waals surface area (Å²) in [4.78, 5) is 0. The molecule has 0 saturated heterocycles. The molecule has 3 aromatic carbocycles. The molecule has 1 heterocycles. The predicted molar refractivity (Wildman–Crippen MR) is 104 cm³/mol. The summed E-state index contributed by atoms with van der Waals surface area (Å²) < 4.78 is 10.7. The fourth-order valence-electron chi connectivity index (χ4n) is 3.12. The van der Waals surface area contributed by atoms with Gasteiger partial charge in [-0.25, -0.2) is 0 Å². The molecule has 0 unspecified atom stereocenters. The molecule has 5 nitrogen and oxygen atoms in total. The quantitative estimate of drug-likeness (QED) is 0.472. The zero-order chi connectivity index (χ0) is 17.8. The van der Waals surface area contributed by atoms with Gasteiger partial charge in [0.15, 0.2) is 11.5 Å². The highest BCUT2D eigenvalue weighted by atomic mass is 16.7. The lowest BCUT2D eigenvalue weighted by Gasteiger charge is -2.14. The number of nitrogens with one attached hydrogen (secondary N) is 2. The molecule has 1 aliphatic heterocycles. The van der Waals surface area contributed by atoms with Crippen LogP contribution in [0.4, 0.5) is 0 Å². The molecule has 3 aromatic rings. The number of rotatable bonds is 6. The van der Waals surface area contributed by atoms with Crippen LogP contribution in [0.3, 0.4) is 0 Å². The van der Waals surface area contributed by atoms with Crippen molar-refractivity contribution in [1.82, 2.24) is 10.6 Å². The van der Waals surface area contributed by atoms with E-state index in [0.717, 1.165) is 34.9 Å². The van der Waals surface area contributed by atoms with Gasteiger partial charge in [0, 0.05) is 18.3 Å². The van der Waals surface area contributed by atoms with Gasteiger partial charge in [0.05, 0.1) is 12.4 Å². The Morgan fingerprint density at radius 3 is 2.77 bits per heavy atom. The number of hydrogen-bond donors (Lipinski definition) is 3. The topological polar surface area (TPSA) is 68.5 Å². The summed E-state index contributed by atoms with van der Waals surface area (Å²) in [6, 6.07) is 20.5. The normalized spacial score (nSPS) is 13.2. The Hall–Kier alpha value is -3.18. The molecule has 132 valence electrons. The summed E-state index contributed by atoms with van der Waals surface area (Å²) in [6.45, 7) is 1.61. The van der Waals surface area contributed by atoms with Crippen molar-refractivity contribution in [1.29, 1.82) is 0 Å². The second-order valence-electron chi connectivity index (χ2n) is 6.07. The summed E-state index contributed by atoms with van der Waals surface area (Å²) in [5.41, 5.74) is 9.00. The molecule has 0 atom stereocenters. The third-order valence-electron chi connectivity index (χ3n) is 4.42. The number of fused-ring (bicyclic) bond motifs is 2. The van der Waals surface area contributed by atoms with Gasteiger partial charge in [-0.3, -0.25) is 5.32 Å². The highest BCUT2D eigenvalue weighted by Crippen LogP contribution is 2.32. The first-order valence-corrected chi connectivity index (χ1v) is 8.58. The van der Waals surface area contributed by atoms with Crippen LogP contribution in [0.1, 0.15) is 11.1 Å². The maximum Gasteiger partial charge on any atom is 0.231 e. The van der Waals surface area contributed by atoms with Crippen molar-refractivity contribution < 1.29 is 9.47 Å². The van der Waals surface area contributed by atoms with Gasteiger partial charge < -0.3 is 20.5 Å². The standard InChI is InChI=1S/C21H21N3O2/c22-11-19(18-7-3-5-16-4-1-2-6-17(16)18)24-13-23-12-15-8-9-20-21(10-15)26-14-25-20/h1-11,23-24H,12-14,22H2/b19-11-. The van der Waals surface area contributed by atoms with Gasteiger partial charge in [-0.15, -0.1) is 0 Å². The minimum absolute atomic E-state index is 0.295. The van der Waals surface area contributed by atoms with Crippen molar-refractivity contribution >= 4 is 16.5 Å². The fraction of sp³-hybridized carbons (Fsp3) is 0.143. The Balaban J connectivity index is 1.39. The van der Waals surface area contributed by atoms with Crippen molar-refractivity contribution in [2.24, 2.45) is 5.73 Å². The van der Waals surface area contributed by atoms with Gasteiger partial charge in [-0.05, 0) is 28.5 Å². The zero-order valence-electron chi connectivity index (χ0n) is 14.4. The second kappa shape index (κ2) is 7.37. The first-order chi connectivity index (χ1) is 12.8. The highest BCUT2D eigenvalue weighted by molar-refractivity contribution is 5.93. The smallest absolute Gasteiger partial charge is 0.231 e. The number of benzene rings is 3. The van der Waals surface area contributed by atoms with Crippen molar-refractivity contribution in [2.45, 2.75) is 6.54 Å². The Kier molecular flexibility index (Phi) is 4.62.